The molecule has 36 heavy (non-hydrogen) atoms. The zero-order chi connectivity index (χ0) is 26.2. The van der Waals surface area contributed by atoms with Crippen LogP contribution in [0.15, 0.2) is 54.6 Å². The van der Waals surface area contributed by atoms with Crippen molar-refractivity contribution in [3.8, 4) is 5.75 Å². The summed E-state index contributed by atoms with van der Waals surface area (Å²) in [5.41, 5.74) is 5.94. The molecule has 0 aromatic heterocycles. The van der Waals surface area contributed by atoms with Crippen LogP contribution in [0.2, 0.25) is 18.1 Å². The molecule has 7 heteroatoms. The number of cyclic esters (lactones) is 1. The summed E-state index contributed by atoms with van der Waals surface area (Å²) in [4.78, 5) is 12.6. The first kappa shape index (κ1) is 28.2. The van der Waals surface area contributed by atoms with Gasteiger partial charge in [-0.15, -0.1) is 0 Å². The maximum absolute atomic E-state index is 12.6. The molecule has 1 fully saturated rings. The standard InChI is InChI=1S/C29H44N2O4Si/c1-29(2,3)36(5,6)35-19-11-10-14-25(20-24-15-17-27(33-4)18-16-24)30-31-26(22-34-28(31)32)21-23-12-8-7-9-13-23/h7-9,12-13,15-18,25-26,30H,10-11,14,19-22H2,1-6H3/t25-,26+/m1/s1. The largest absolute Gasteiger partial charge is 0.497 e. The molecule has 0 bridgehead atoms. The molecule has 1 amide bonds. The molecule has 0 radical (unpaired) electrons. The maximum atomic E-state index is 12.6. The molecule has 0 aliphatic carbocycles. The molecule has 198 valence electrons. The Labute approximate surface area is 218 Å². The van der Waals surface area contributed by atoms with E-state index in [1.54, 1.807) is 12.1 Å². The molecule has 2 aromatic rings. The van der Waals surface area contributed by atoms with Crippen LogP contribution in [-0.2, 0) is 22.0 Å². The van der Waals surface area contributed by atoms with Gasteiger partial charge in [-0.1, -0.05) is 63.2 Å². The molecule has 0 spiro atoms. The minimum atomic E-state index is -1.73. The number of hydrogen-bond donors (Lipinski definition) is 1. The van der Waals surface area contributed by atoms with E-state index in [0.29, 0.717) is 6.61 Å². The predicted octanol–water partition coefficient (Wildman–Crippen LogP) is 6.37. The van der Waals surface area contributed by atoms with Crippen molar-refractivity contribution < 1.29 is 18.7 Å². The average molecular weight is 513 g/mol. The highest BCUT2D eigenvalue weighted by Crippen LogP contribution is 2.36. The Hall–Kier alpha value is -2.35. The van der Waals surface area contributed by atoms with Crippen molar-refractivity contribution in [2.45, 2.75) is 83.1 Å². The van der Waals surface area contributed by atoms with E-state index in [1.807, 2.05) is 30.3 Å². The van der Waals surface area contributed by atoms with Gasteiger partial charge in [-0.3, -0.25) is 0 Å². The minimum absolute atomic E-state index is 0.0276. The van der Waals surface area contributed by atoms with Gasteiger partial charge in [0.05, 0.1) is 13.2 Å². The number of carbonyl (C=O) groups is 1. The van der Waals surface area contributed by atoms with Crippen LogP contribution in [0.5, 0.6) is 5.75 Å². The van der Waals surface area contributed by atoms with Gasteiger partial charge in [-0.25, -0.2) is 15.2 Å². The van der Waals surface area contributed by atoms with Crippen molar-refractivity contribution in [1.29, 1.82) is 0 Å². The summed E-state index contributed by atoms with van der Waals surface area (Å²) < 4.78 is 17.1. The van der Waals surface area contributed by atoms with Crippen LogP contribution >= 0.6 is 0 Å². The van der Waals surface area contributed by atoms with Crippen LogP contribution in [0.1, 0.15) is 51.2 Å². The van der Waals surface area contributed by atoms with Crippen LogP contribution in [0.25, 0.3) is 0 Å². The first-order chi connectivity index (χ1) is 17.1. The number of carbonyl (C=O) groups excluding carboxylic acids is 1. The highest BCUT2D eigenvalue weighted by atomic mass is 28.4. The van der Waals surface area contributed by atoms with Gasteiger partial charge in [0.2, 0.25) is 0 Å². The number of amides is 1. The number of unbranched alkanes of at least 4 members (excludes halogenated alkanes) is 1. The van der Waals surface area contributed by atoms with Crippen LogP contribution in [0.3, 0.4) is 0 Å². The van der Waals surface area contributed by atoms with E-state index in [4.69, 9.17) is 13.9 Å². The smallest absolute Gasteiger partial charge is 0.424 e. The molecule has 6 nitrogen and oxygen atoms in total. The second-order valence-corrected chi connectivity index (χ2v) is 16.1. The number of ether oxygens (including phenoxy) is 2. The molecule has 1 N–H and O–H groups in total. The lowest BCUT2D eigenvalue weighted by Gasteiger charge is -2.36. The van der Waals surface area contributed by atoms with Gasteiger partial charge in [0.15, 0.2) is 8.32 Å². The minimum Gasteiger partial charge on any atom is -0.497 e. The van der Waals surface area contributed by atoms with E-state index in [9.17, 15) is 4.79 Å². The van der Waals surface area contributed by atoms with E-state index in [1.165, 1.54) is 11.1 Å². The second kappa shape index (κ2) is 12.7. The molecule has 0 unspecified atom stereocenters. The summed E-state index contributed by atoms with van der Waals surface area (Å²) in [5.74, 6) is 0.845. The topological polar surface area (TPSA) is 60.0 Å². The van der Waals surface area contributed by atoms with Gasteiger partial charge < -0.3 is 13.9 Å². The normalized spacial score (nSPS) is 17.2. The molecule has 2 aromatic carbocycles. The van der Waals surface area contributed by atoms with E-state index >= 15 is 0 Å². The fourth-order valence-electron chi connectivity index (χ4n) is 4.15. The second-order valence-electron chi connectivity index (χ2n) is 11.3. The number of hydrazine groups is 1. The SMILES string of the molecule is COc1ccc(C[C@@H](CCCCO[Si](C)(C)C(C)(C)C)NN2C(=O)OC[C@@H]2Cc2ccccc2)cc1. The Morgan fingerprint density at radius 3 is 2.39 bits per heavy atom. The van der Waals surface area contributed by atoms with Gasteiger partial charge in [0.25, 0.3) is 0 Å². The summed E-state index contributed by atoms with van der Waals surface area (Å²) in [6.45, 7) is 12.6. The van der Waals surface area contributed by atoms with Gasteiger partial charge in [0, 0.05) is 12.6 Å². The summed E-state index contributed by atoms with van der Waals surface area (Å²) in [7, 11) is -0.0563. The van der Waals surface area contributed by atoms with E-state index in [-0.39, 0.29) is 23.2 Å². The Kier molecular flexibility index (Phi) is 9.99. The summed E-state index contributed by atoms with van der Waals surface area (Å²) in [5, 5.41) is 1.93. The first-order valence-electron chi connectivity index (χ1n) is 13.1. The van der Waals surface area contributed by atoms with Gasteiger partial charge in [-0.2, -0.15) is 0 Å². The van der Waals surface area contributed by atoms with E-state index in [0.717, 1.165) is 44.5 Å². The Morgan fingerprint density at radius 1 is 1.06 bits per heavy atom. The number of benzene rings is 2. The lowest BCUT2D eigenvalue weighted by molar-refractivity contribution is 0.127. The van der Waals surface area contributed by atoms with Crippen molar-refractivity contribution in [2.75, 3.05) is 20.3 Å². The average Bonchev–Trinajstić information content (AvgIpc) is 3.17. The third-order valence-corrected chi connectivity index (χ3v) is 12.0. The molecular weight excluding hydrogens is 468 g/mol. The zero-order valence-electron chi connectivity index (χ0n) is 22.9. The van der Waals surface area contributed by atoms with Crippen LogP contribution < -0.4 is 10.2 Å². The molecule has 1 aliphatic rings. The number of nitrogens with zero attached hydrogens (tertiary/aromatic N) is 1. The van der Waals surface area contributed by atoms with Crippen molar-refractivity contribution >= 4 is 14.4 Å². The quantitative estimate of drug-likeness (QED) is 0.250. The molecule has 2 atom stereocenters. The van der Waals surface area contributed by atoms with Crippen molar-refractivity contribution in [3.63, 3.8) is 0 Å². The summed E-state index contributed by atoms with van der Waals surface area (Å²) in [6.07, 6.45) is 4.25. The fraction of sp³-hybridized carbons (Fsp3) is 0.552. The Morgan fingerprint density at radius 2 is 1.75 bits per heavy atom. The predicted molar refractivity (Wildman–Crippen MR) is 148 cm³/mol. The van der Waals surface area contributed by atoms with Crippen molar-refractivity contribution in [1.82, 2.24) is 10.4 Å². The van der Waals surface area contributed by atoms with Crippen molar-refractivity contribution in [2.24, 2.45) is 0 Å². The number of rotatable bonds is 13. The molecule has 1 heterocycles. The third kappa shape index (κ3) is 8.08. The first-order valence-corrected chi connectivity index (χ1v) is 16.0. The molecule has 0 saturated carbocycles. The van der Waals surface area contributed by atoms with Gasteiger partial charge in [0.1, 0.15) is 12.4 Å². The summed E-state index contributed by atoms with van der Waals surface area (Å²) in [6, 6.07) is 18.5. The number of nitrogens with one attached hydrogen (secondary N) is 1. The lowest BCUT2D eigenvalue weighted by Crippen LogP contribution is -2.51. The maximum Gasteiger partial charge on any atom is 0.424 e. The summed E-state index contributed by atoms with van der Waals surface area (Å²) >= 11 is 0. The third-order valence-electron chi connectivity index (χ3n) is 7.45. The van der Waals surface area contributed by atoms with Crippen molar-refractivity contribution in [3.05, 3.63) is 65.7 Å². The lowest BCUT2D eigenvalue weighted by atomic mass is 10.0. The van der Waals surface area contributed by atoms with Crippen LogP contribution in [0.4, 0.5) is 4.79 Å². The number of hydrogen-bond acceptors (Lipinski definition) is 5. The van der Waals surface area contributed by atoms with Crippen LogP contribution in [-0.4, -0.2) is 51.8 Å². The van der Waals surface area contributed by atoms with E-state index in [2.05, 4.69) is 63.6 Å². The highest BCUT2D eigenvalue weighted by molar-refractivity contribution is 6.74. The number of methoxy groups -OCH3 is 1. The Bertz CT molecular complexity index is 944. The fourth-order valence-corrected chi connectivity index (χ4v) is 5.23. The molecule has 1 saturated heterocycles. The molecule has 3 rings (SSSR count). The zero-order valence-corrected chi connectivity index (χ0v) is 23.9. The van der Waals surface area contributed by atoms with Gasteiger partial charge >= 0.3 is 6.09 Å². The Balaban J connectivity index is 1.62. The molecular formula is C29H44N2O4Si. The monoisotopic (exact) mass is 512 g/mol. The van der Waals surface area contributed by atoms with Gasteiger partial charge in [-0.05, 0) is 73.5 Å². The van der Waals surface area contributed by atoms with Crippen LogP contribution in [0, 0.1) is 0 Å². The highest BCUT2D eigenvalue weighted by Gasteiger charge is 2.37. The van der Waals surface area contributed by atoms with E-state index < -0.39 is 8.32 Å². The molecule has 1 aliphatic heterocycles.